The largest absolute Gasteiger partial charge is 0.416 e. The van der Waals surface area contributed by atoms with Crippen molar-refractivity contribution in [3.8, 4) is 0 Å². The van der Waals surface area contributed by atoms with Crippen LogP contribution >= 0.6 is 0 Å². The highest BCUT2D eigenvalue weighted by Gasteiger charge is 2.31. The van der Waals surface area contributed by atoms with E-state index in [1.54, 1.807) is 28.0 Å². The molecule has 0 aromatic heterocycles. The highest BCUT2D eigenvalue weighted by atomic mass is 19.4. The summed E-state index contributed by atoms with van der Waals surface area (Å²) in [6.07, 6.45) is -3.02. The van der Waals surface area contributed by atoms with E-state index in [0.717, 1.165) is 24.1 Å². The maximum absolute atomic E-state index is 13.2. The number of carbonyl (C=O) groups excluding carboxylic acids is 2. The molecule has 0 bridgehead atoms. The van der Waals surface area contributed by atoms with Gasteiger partial charge in [-0.05, 0) is 54.3 Å². The first-order chi connectivity index (χ1) is 17.3. The zero-order valence-electron chi connectivity index (χ0n) is 20.0. The van der Waals surface area contributed by atoms with Crippen molar-refractivity contribution in [3.05, 3.63) is 95.6 Å². The number of carbonyl (C=O) groups is 2. The summed E-state index contributed by atoms with van der Waals surface area (Å²) in [5.41, 5.74) is 2.11. The first kappa shape index (κ1) is 25.3. The minimum Gasteiger partial charge on any atom is -0.325 e. The molecule has 188 valence electrons. The van der Waals surface area contributed by atoms with Gasteiger partial charge in [0, 0.05) is 31.0 Å². The normalized spacial score (nSPS) is 15.1. The van der Waals surface area contributed by atoms with Crippen LogP contribution in [-0.2, 0) is 17.5 Å². The maximum atomic E-state index is 13.2. The third kappa shape index (κ3) is 5.87. The number of amides is 3. The molecule has 5 nitrogen and oxygen atoms in total. The number of urea groups is 1. The van der Waals surface area contributed by atoms with Crippen molar-refractivity contribution in [2.75, 3.05) is 23.3 Å². The van der Waals surface area contributed by atoms with Gasteiger partial charge in [-0.1, -0.05) is 55.5 Å². The predicted molar refractivity (Wildman–Crippen MR) is 134 cm³/mol. The monoisotopic (exact) mass is 495 g/mol. The average Bonchev–Trinajstić information content (AvgIpc) is 2.86. The first-order valence-corrected chi connectivity index (χ1v) is 11.9. The third-order valence-corrected chi connectivity index (χ3v) is 6.32. The molecule has 8 heteroatoms. The van der Waals surface area contributed by atoms with Crippen LogP contribution in [0.2, 0.25) is 0 Å². The van der Waals surface area contributed by atoms with Crippen molar-refractivity contribution in [1.29, 1.82) is 0 Å². The Labute approximate surface area is 208 Å². The molecule has 0 radical (unpaired) electrons. The molecule has 0 saturated carbocycles. The quantitative estimate of drug-likeness (QED) is 0.398. The van der Waals surface area contributed by atoms with E-state index in [2.05, 4.69) is 5.32 Å². The summed E-state index contributed by atoms with van der Waals surface area (Å²) in [6, 6.07) is 21.4. The number of anilines is 2. The standard InChI is InChI=1S/C28H28F3N3O2/c1-2-25(21-8-4-3-5-9-21)26(35)32-23-10-6-11-24(18-23)34-17-7-16-33(27(34)36)19-20-12-14-22(15-13-20)28(29,30)31/h3-6,8-15,18,25H,2,7,16-17,19H2,1H3,(H,32,35). The molecule has 1 atom stereocenters. The van der Waals surface area contributed by atoms with Gasteiger partial charge in [-0.3, -0.25) is 9.69 Å². The molecule has 1 heterocycles. The number of rotatable bonds is 7. The molecule has 4 rings (SSSR count). The summed E-state index contributed by atoms with van der Waals surface area (Å²) in [5, 5.41) is 2.97. The zero-order chi connectivity index (χ0) is 25.7. The Hall–Kier alpha value is -3.81. The molecule has 1 aliphatic rings. The van der Waals surface area contributed by atoms with Crippen LogP contribution in [0.3, 0.4) is 0 Å². The Morgan fingerprint density at radius 2 is 1.69 bits per heavy atom. The summed E-state index contributed by atoms with van der Waals surface area (Å²) in [5.74, 6) is -0.402. The van der Waals surface area contributed by atoms with Crippen molar-refractivity contribution in [3.63, 3.8) is 0 Å². The van der Waals surface area contributed by atoms with Gasteiger partial charge in [0.05, 0.1) is 11.5 Å². The van der Waals surface area contributed by atoms with Gasteiger partial charge in [0.2, 0.25) is 5.91 Å². The Kier molecular flexibility index (Phi) is 7.62. The van der Waals surface area contributed by atoms with Gasteiger partial charge in [-0.25, -0.2) is 4.79 Å². The number of alkyl halides is 3. The summed E-state index contributed by atoms with van der Waals surface area (Å²) >= 11 is 0. The van der Waals surface area contributed by atoms with E-state index in [4.69, 9.17) is 0 Å². The maximum Gasteiger partial charge on any atom is 0.416 e. The molecular weight excluding hydrogens is 467 g/mol. The summed E-state index contributed by atoms with van der Waals surface area (Å²) in [4.78, 5) is 29.4. The van der Waals surface area contributed by atoms with Crippen LogP contribution in [0.1, 0.15) is 42.4 Å². The molecule has 3 aromatic rings. The lowest BCUT2D eigenvalue weighted by Crippen LogP contribution is -2.49. The lowest BCUT2D eigenvalue weighted by atomic mass is 9.95. The van der Waals surface area contributed by atoms with Crippen LogP contribution in [-0.4, -0.2) is 29.9 Å². The number of nitrogens with zero attached hydrogens (tertiary/aromatic N) is 2. The smallest absolute Gasteiger partial charge is 0.325 e. The van der Waals surface area contributed by atoms with E-state index >= 15 is 0 Å². The molecule has 1 unspecified atom stereocenters. The number of hydrogen-bond acceptors (Lipinski definition) is 2. The molecule has 3 aromatic carbocycles. The zero-order valence-corrected chi connectivity index (χ0v) is 20.0. The molecule has 1 aliphatic heterocycles. The number of hydrogen-bond donors (Lipinski definition) is 1. The number of nitrogens with one attached hydrogen (secondary N) is 1. The third-order valence-electron chi connectivity index (χ3n) is 6.32. The van der Waals surface area contributed by atoms with Crippen LogP contribution in [0.4, 0.5) is 29.3 Å². The molecule has 3 amide bonds. The molecule has 1 fully saturated rings. The van der Waals surface area contributed by atoms with Gasteiger partial charge in [-0.15, -0.1) is 0 Å². The lowest BCUT2D eigenvalue weighted by Gasteiger charge is -2.36. The van der Waals surface area contributed by atoms with Crippen molar-refractivity contribution in [1.82, 2.24) is 4.90 Å². The molecule has 36 heavy (non-hydrogen) atoms. The van der Waals surface area contributed by atoms with Crippen LogP contribution in [0.5, 0.6) is 0 Å². The first-order valence-electron chi connectivity index (χ1n) is 11.9. The van der Waals surface area contributed by atoms with Gasteiger partial charge in [-0.2, -0.15) is 13.2 Å². The van der Waals surface area contributed by atoms with E-state index in [-0.39, 0.29) is 24.4 Å². The van der Waals surface area contributed by atoms with Crippen molar-refractivity contribution >= 4 is 23.3 Å². The Bertz CT molecular complexity index is 1200. The van der Waals surface area contributed by atoms with Crippen LogP contribution in [0, 0.1) is 0 Å². The van der Waals surface area contributed by atoms with Crippen molar-refractivity contribution in [2.24, 2.45) is 0 Å². The predicted octanol–water partition coefficient (Wildman–Crippen LogP) is 6.67. The van der Waals surface area contributed by atoms with E-state index in [0.29, 0.717) is 36.4 Å². The lowest BCUT2D eigenvalue weighted by molar-refractivity contribution is -0.137. The van der Waals surface area contributed by atoms with E-state index in [9.17, 15) is 22.8 Å². The van der Waals surface area contributed by atoms with Gasteiger partial charge in [0.15, 0.2) is 0 Å². The topological polar surface area (TPSA) is 52.7 Å². The van der Waals surface area contributed by atoms with E-state index in [1.807, 2.05) is 43.3 Å². The molecular formula is C28H28F3N3O2. The molecule has 1 N–H and O–H groups in total. The number of halogens is 3. The number of benzene rings is 3. The van der Waals surface area contributed by atoms with Gasteiger partial charge in [0.1, 0.15) is 0 Å². The van der Waals surface area contributed by atoms with Crippen LogP contribution in [0.25, 0.3) is 0 Å². The van der Waals surface area contributed by atoms with Gasteiger partial charge < -0.3 is 10.2 Å². The van der Waals surface area contributed by atoms with Crippen molar-refractivity contribution in [2.45, 2.75) is 38.4 Å². The second-order valence-corrected chi connectivity index (χ2v) is 8.82. The molecule has 0 spiro atoms. The summed E-state index contributed by atoms with van der Waals surface area (Å²) < 4.78 is 38.5. The summed E-state index contributed by atoms with van der Waals surface area (Å²) in [6.45, 7) is 3.22. The van der Waals surface area contributed by atoms with E-state index in [1.165, 1.54) is 12.1 Å². The Morgan fingerprint density at radius 1 is 0.972 bits per heavy atom. The Balaban J connectivity index is 1.45. The average molecular weight is 496 g/mol. The fraction of sp³-hybridized carbons (Fsp3) is 0.286. The highest BCUT2D eigenvalue weighted by molar-refractivity contribution is 5.97. The molecule has 0 aliphatic carbocycles. The minimum absolute atomic E-state index is 0.116. The second-order valence-electron chi connectivity index (χ2n) is 8.82. The minimum atomic E-state index is -4.39. The van der Waals surface area contributed by atoms with Gasteiger partial charge in [0.25, 0.3) is 0 Å². The van der Waals surface area contributed by atoms with Gasteiger partial charge >= 0.3 is 12.2 Å². The molecule has 1 saturated heterocycles. The summed E-state index contributed by atoms with van der Waals surface area (Å²) in [7, 11) is 0. The Morgan fingerprint density at radius 3 is 2.36 bits per heavy atom. The van der Waals surface area contributed by atoms with Crippen molar-refractivity contribution < 1.29 is 22.8 Å². The SMILES string of the molecule is CCC(C(=O)Nc1cccc(N2CCCN(Cc3ccc(C(F)(F)F)cc3)C2=O)c1)c1ccccc1. The highest BCUT2D eigenvalue weighted by Crippen LogP contribution is 2.30. The van der Waals surface area contributed by atoms with Crippen LogP contribution < -0.4 is 10.2 Å². The fourth-order valence-electron chi connectivity index (χ4n) is 4.43. The second kappa shape index (κ2) is 10.8. The fourth-order valence-corrected chi connectivity index (χ4v) is 4.43. The van der Waals surface area contributed by atoms with Crippen LogP contribution in [0.15, 0.2) is 78.9 Å². The van der Waals surface area contributed by atoms with E-state index < -0.39 is 11.7 Å².